The molecule has 3 rings (SSSR count). The molecule has 0 radical (unpaired) electrons. The lowest BCUT2D eigenvalue weighted by molar-refractivity contribution is 0.0814. The molecule has 2 aromatic heterocycles. The second-order valence-electron chi connectivity index (χ2n) is 5.58. The van der Waals surface area contributed by atoms with Crippen LogP contribution < -0.4 is 14.8 Å². The van der Waals surface area contributed by atoms with E-state index in [0.29, 0.717) is 17.9 Å². The maximum atomic E-state index is 13.7. The predicted octanol–water partition coefficient (Wildman–Crippen LogP) is 2.19. The van der Waals surface area contributed by atoms with Crippen molar-refractivity contribution in [1.29, 1.82) is 0 Å². The monoisotopic (exact) mass is 376 g/mol. The summed E-state index contributed by atoms with van der Waals surface area (Å²) in [5.41, 5.74) is 1.79. The van der Waals surface area contributed by atoms with Crippen LogP contribution >= 0.6 is 0 Å². The van der Waals surface area contributed by atoms with Gasteiger partial charge in [-0.05, 0) is 25.2 Å². The van der Waals surface area contributed by atoms with E-state index in [1.54, 1.807) is 18.5 Å². The van der Waals surface area contributed by atoms with Crippen molar-refractivity contribution < 1.29 is 18.3 Å². The minimum absolute atomic E-state index is 0.106. The van der Waals surface area contributed by atoms with Crippen LogP contribution in [-0.4, -0.2) is 38.4 Å². The summed E-state index contributed by atoms with van der Waals surface area (Å²) >= 11 is 0. The Bertz CT molecular complexity index is 903. The minimum atomic E-state index is -1.63. The zero-order valence-corrected chi connectivity index (χ0v) is 14.8. The number of benzene rings is 1. The number of nitrogens with one attached hydrogen (secondary N) is 1. The Morgan fingerprint density at radius 3 is 2.89 bits per heavy atom. The average Bonchev–Trinajstić information content (AvgIpc) is 3.11. The quantitative estimate of drug-likeness (QED) is 0.645. The van der Waals surface area contributed by atoms with Crippen LogP contribution in [0.1, 0.15) is 18.3 Å². The van der Waals surface area contributed by atoms with Gasteiger partial charge in [-0.3, -0.25) is 0 Å². The Kier molecular flexibility index (Phi) is 5.87. The van der Waals surface area contributed by atoms with Crippen molar-refractivity contribution in [3.63, 3.8) is 0 Å². The number of alkyl halides is 1. The van der Waals surface area contributed by atoms with E-state index < -0.39 is 12.2 Å². The molecule has 2 heterocycles. The van der Waals surface area contributed by atoms with Crippen LogP contribution in [-0.2, 0) is 13.2 Å². The van der Waals surface area contributed by atoms with Gasteiger partial charge < -0.3 is 14.8 Å². The van der Waals surface area contributed by atoms with Crippen molar-refractivity contribution in [3.05, 3.63) is 53.9 Å². The first-order chi connectivity index (χ1) is 13.0. The molecular formula is C17H18F2N6O2. The normalized spacial score (nSPS) is 12.0. The highest BCUT2D eigenvalue weighted by molar-refractivity contribution is 5.39. The summed E-state index contributed by atoms with van der Waals surface area (Å²) in [6.45, 7) is 1.88. The number of ether oxygens (including phenoxy) is 2. The van der Waals surface area contributed by atoms with Crippen LogP contribution in [0.5, 0.6) is 11.8 Å². The number of nitrogens with zero attached hydrogens (tertiary/aromatic N) is 5. The average molecular weight is 376 g/mol. The fourth-order valence-corrected chi connectivity index (χ4v) is 2.25. The fraction of sp³-hybridized carbons (Fsp3) is 0.294. The van der Waals surface area contributed by atoms with Gasteiger partial charge in [0.2, 0.25) is 6.36 Å². The first-order valence-electron chi connectivity index (χ1n) is 8.16. The molecule has 1 unspecified atom stereocenters. The molecule has 0 aliphatic rings. The van der Waals surface area contributed by atoms with E-state index in [2.05, 4.69) is 25.6 Å². The Hall–Kier alpha value is -3.14. The van der Waals surface area contributed by atoms with Crippen molar-refractivity contribution in [2.24, 2.45) is 0 Å². The molecule has 8 nitrogen and oxygen atoms in total. The van der Waals surface area contributed by atoms with Crippen LogP contribution in [0.15, 0.2) is 36.7 Å². The van der Waals surface area contributed by atoms with Crippen LogP contribution in [0.2, 0.25) is 0 Å². The molecule has 10 heteroatoms. The third-order valence-electron chi connectivity index (χ3n) is 3.41. The lowest BCUT2D eigenvalue weighted by atomic mass is 10.3. The summed E-state index contributed by atoms with van der Waals surface area (Å²) < 4.78 is 38.4. The van der Waals surface area contributed by atoms with Crippen LogP contribution in [0.25, 0.3) is 5.69 Å². The highest BCUT2D eigenvalue weighted by Crippen LogP contribution is 2.22. The predicted molar refractivity (Wildman–Crippen MR) is 91.6 cm³/mol. The van der Waals surface area contributed by atoms with E-state index >= 15 is 0 Å². The van der Waals surface area contributed by atoms with Crippen molar-refractivity contribution in [2.75, 3.05) is 7.05 Å². The third-order valence-corrected chi connectivity index (χ3v) is 3.41. The topological polar surface area (TPSA) is 87.0 Å². The molecule has 0 saturated carbocycles. The number of hydrogen-bond donors (Lipinski definition) is 1. The van der Waals surface area contributed by atoms with E-state index in [9.17, 15) is 8.78 Å². The molecule has 0 aliphatic heterocycles. The highest BCUT2D eigenvalue weighted by atomic mass is 19.1. The van der Waals surface area contributed by atoms with Gasteiger partial charge in [0, 0.05) is 25.7 Å². The molecule has 3 aromatic rings. The summed E-state index contributed by atoms with van der Waals surface area (Å²) in [4.78, 5) is 8.29. The minimum Gasteiger partial charge on any atom is -0.458 e. The molecule has 0 fully saturated rings. The summed E-state index contributed by atoms with van der Waals surface area (Å²) in [7, 11) is 1.82. The summed E-state index contributed by atoms with van der Waals surface area (Å²) in [5, 5.41) is 10.9. The number of hydrogen-bond acceptors (Lipinski definition) is 7. The van der Waals surface area contributed by atoms with Gasteiger partial charge >= 0.3 is 6.01 Å². The maximum absolute atomic E-state index is 13.7. The van der Waals surface area contributed by atoms with Gasteiger partial charge in [0.1, 0.15) is 12.3 Å². The number of rotatable bonds is 8. The smallest absolute Gasteiger partial charge is 0.316 e. The van der Waals surface area contributed by atoms with E-state index in [0.717, 1.165) is 5.69 Å². The van der Waals surface area contributed by atoms with E-state index in [4.69, 9.17) is 9.47 Å². The maximum Gasteiger partial charge on any atom is 0.316 e. The van der Waals surface area contributed by atoms with Crippen molar-refractivity contribution in [2.45, 2.75) is 26.4 Å². The van der Waals surface area contributed by atoms with E-state index in [1.165, 1.54) is 29.8 Å². The van der Waals surface area contributed by atoms with E-state index in [-0.39, 0.29) is 18.4 Å². The first kappa shape index (κ1) is 18.6. The molecule has 0 bridgehead atoms. The summed E-state index contributed by atoms with van der Waals surface area (Å²) in [5.74, 6) is -0.865. The number of halogens is 2. The fourth-order valence-electron chi connectivity index (χ4n) is 2.25. The van der Waals surface area contributed by atoms with Crippen LogP contribution in [0, 0.1) is 5.82 Å². The SMILES string of the molecule is CNCc1ccnc(OCc2cn(-c3ccc(F)c(OC(C)F)c3)nn2)n1. The first-order valence-corrected chi connectivity index (χ1v) is 8.16. The van der Waals surface area contributed by atoms with Gasteiger partial charge in [0.15, 0.2) is 11.6 Å². The summed E-state index contributed by atoms with van der Waals surface area (Å²) in [6.07, 6.45) is 1.58. The van der Waals surface area contributed by atoms with E-state index in [1.807, 2.05) is 7.05 Å². The summed E-state index contributed by atoms with van der Waals surface area (Å²) in [6, 6.07) is 6.01. The molecule has 1 aromatic carbocycles. The van der Waals surface area contributed by atoms with Gasteiger partial charge in [-0.2, -0.15) is 4.98 Å². The molecule has 1 N–H and O–H groups in total. The molecule has 27 heavy (non-hydrogen) atoms. The van der Waals surface area contributed by atoms with Crippen molar-refractivity contribution >= 4 is 0 Å². The molecular weight excluding hydrogens is 358 g/mol. The zero-order valence-electron chi connectivity index (χ0n) is 14.8. The molecule has 0 amide bonds. The molecule has 0 aliphatic carbocycles. The molecule has 0 spiro atoms. The lowest BCUT2D eigenvalue weighted by Gasteiger charge is -2.09. The molecule has 1 atom stereocenters. The van der Waals surface area contributed by atoms with Crippen molar-refractivity contribution in [3.8, 4) is 17.4 Å². The van der Waals surface area contributed by atoms with Crippen LogP contribution in [0.3, 0.4) is 0 Å². The van der Waals surface area contributed by atoms with Crippen LogP contribution in [0.4, 0.5) is 8.78 Å². The highest BCUT2D eigenvalue weighted by Gasteiger charge is 2.11. The van der Waals surface area contributed by atoms with Gasteiger partial charge in [0.25, 0.3) is 0 Å². The second-order valence-corrected chi connectivity index (χ2v) is 5.58. The Balaban J connectivity index is 1.69. The third kappa shape index (κ3) is 4.94. The Morgan fingerprint density at radius 1 is 1.26 bits per heavy atom. The Labute approximate surface area is 154 Å². The largest absolute Gasteiger partial charge is 0.458 e. The lowest BCUT2D eigenvalue weighted by Crippen LogP contribution is -2.08. The second kappa shape index (κ2) is 8.49. The molecule has 142 valence electrons. The standard InChI is InChI=1S/C17H18F2N6O2/c1-11(18)27-16-7-14(3-4-15(16)19)25-9-13(23-24-25)10-26-17-21-6-5-12(22-17)8-20-2/h3-7,9,11,20H,8,10H2,1-2H3. The zero-order chi connectivity index (χ0) is 19.2. The molecule has 0 saturated heterocycles. The van der Waals surface area contributed by atoms with Gasteiger partial charge in [-0.25, -0.2) is 18.4 Å². The number of aromatic nitrogens is 5. The van der Waals surface area contributed by atoms with Crippen molar-refractivity contribution in [1.82, 2.24) is 30.3 Å². The Morgan fingerprint density at radius 2 is 2.11 bits per heavy atom. The van der Waals surface area contributed by atoms with Gasteiger partial charge in [0.05, 0.1) is 17.6 Å². The van der Waals surface area contributed by atoms with Gasteiger partial charge in [-0.1, -0.05) is 5.21 Å². The van der Waals surface area contributed by atoms with Gasteiger partial charge in [-0.15, -0.1) is 5.10 Å².